The van der Waals surface area contributed by atoms with Crippen LogP contribution in [-0.4, -0.2) is 23.2 Å². The molecule has 1 aliphatic rings. The molecule has 0 saturated heterocycles. The number of fused-ring (bicyclic) bond motifs is 1. The normalized spacial score (nSPS) is 22.1. The van der Waals surface area contributed by atoms with Crippen molar-refractivity contribution in [3.05, 3.63) is 42.0 Å². The topological polar surface area (TPSA) is 72.6 Å². The standard InChI is InChI=1S/C17H18NO3/c18-17(20)16-10-14(9-11-3-1-2-4-15(11)16)21-13-7-5-12(19)6-8-13/h1-4,9,12-13,19H,5-8H2,(H2,18,20). The lowest BCUT2D eigenvalue weighted by Crippen LogP contribution is -2.26. The number of aliphatic hydroxyl groups excluding tert-OH is 1. The van der Waals surface area contributed by atoms with Gasteiger partial charge in [-0.15, -0.1) is 0 Å². The summed E-state index contributed by atoms with van der Waals surface area (Å²) < 4.78 is 5.93. The molecule has 4 nitrogen and oxygen atoms in total. The zero-order chi connectivity index (χ0) is 14.8. The summed E-state index contributed by atoms with van der Waals surface area (Å²) in [5, 5.41) is 11.2. The SMILES string of the molecule is NC(=O)c1[c]c(OC2CCC(O)CC2)cc2ccccc12. The molecule has 1 saturated carbocycles. The third-order valence-electron chi connectivity index (χ3n) is 3.95. The lowest BCUT2D eigenvalue weighted by atomic mass is 9.95. The number of hydrogen-bond donors (Lipinski definition) is 2. The zero-order valence-corrected chi connectivity index (χ0v) is 11.7. The molecule has 0 unspecified atom stereocenters. The van der Waals surface area contributed by atoms with Crippen LogP contribution in [0.3, 0.4) is 0 Å². The number of ether oxygens (including phenoxy) is 1. The molecule has 1 fully saturated rings. The summed E-state index contributed by atoms with van der Waals surface area (Å²) in [5.41, 5.74) is 5.80. The Morgan fingerprint density at radius 3 is 2.67 bits per heavy atom. The Kier molecular flexibility index (Phi) is 3.80. The summed E-state index contributed by atoms with van der Waals surface area (Å²) >= 11 is 0. The molecule has 0 atom stereocenters. The molecule has 2 aromatic rings. The highest BCUT2D eigenvalue weighted by Crippen LogP contribution is 2.28. The Hall–Kier alpha value is -2.07. The Labute approximate surface area is 123 Å². The van der Waals surface area contributed by atoms with E-state index in [1.807, 2.05) is 30.3 Å². The van der Waals surface area contributed by atoms with E-state index in [0.717, 1.165) is 36.5 Å². The van der Waals surface area contributed by atoms with E-state index in [1.54, 1.807) is 0 Å². The van der Waals surface area contributed by atoms with Crippen LogP contribution < -0.4 is 10.5 Å². The van der Waals surface area contributed by atoms with Gasteiger partial charge in [0.2, 0.25) is 5.91 Å². The molecular formula is C17H18NO3. The van der Waals surface area contributed by atoms with Gasteiger partial charge in [-0.3, -0.25) is 4.79 Å². The Bertz CT molecular complexity index is 660. The first-order valence-corrected chi connectivity index (χ1v) is 7.23. The van der Waals surface area contributed by atoms with Crippen LogP contribution in [0.25, 0.3) is 10.8 Å². The van der Waals surface area contributed by atoms with Crippen LogP contribution in [0.2, 0.25) is 0 Å². The molecule has 109 valence electrons. The van der Waals surface area contributed by atoms with E-state index in [0.29, 0.717) is 11.3 Å². The highest BCUT2D eigenvalue weighted by atomic mass is 16.5. The second-order valence-corrected chi connectivity index (χ2v) is 5.51. The van der Waals surface area contributed by atoms with Crippen molar-refractivity contribution in [2.45, 2.75) is 37.9 Å². The van der Waals surface area contributed by atoms with Gasteiger partial charge in [0, 0.05) is 6.07 Å². The first-order chi connectivity index (χ1) is 10.1. The molecule has 0 bridgehead atoms. The van der Waals surface area contributed by atoms with Crippen molar-refractivity contribution >= 4 is 16.7 Å². The van der Waals surface area contributed by atoms with Gasteiger partial charge in [-0.25, -0.2) is 0 Å². The highest BCUT2D eigenvalue weighted by Gasteiger charge is 2.21. The van der Waals surface area contributed by atoms with Gasteiger partial charge in [0.05, 0.1) is 17.8 Å². The summed E-state index contributed by atoms with van der Waals surface area (Å²) in [6.45, 7) is 0. The van der Waals surface area contributed by atoms with Crippen LogP contribution in [0.1, 0.15) is 36.0 Å². The number of amides is 1. The molecule has 1 radical (unpaired) electrons. The molecule has 0 heterocycles. The van der Waals surface area contributed by atoms with E-state index in [9.17, 15) is 9.90 Å². The molecule has 21 heavy (non-hydrogen) atoms. The largest absolute Gasteiger partial charge is 0.490 e. The zero-order valence-electron chi connectivity index (χ0n) is 11.7. The van der Waals surface area contributed by atoms with Crippen molar-refractivity contribution < 1.29 is 14.6 Å². The smallest absolute Gasteiger partial charge is 0.250 e. The minimum atomic E-state index is -0.504. The van der Waals surface area contributed by atoms with Crippen LogP contribution in [-0.2, 0) is 0 Å². The summed E-state index contributed by atoms with van der Waals surface area (Å²) in [5.74, 6) is 0.0413. The van der Waals surface area contributed by atoms with Crippen molar-refractivity contribution in [3.63, 3.8) is 0 Å². The number of aliphatic hydroxyl groups is 1. The van der Waals surface area contributed by atoms with Gasteiger partial charge in [-0.1, -0.05) is 24.3 Å². The lowest BCUT2D eigenvalue weighted by molar-refractivity contribution is 0.0665. The van der Waals surface area contributed by atoms with Gasteiger partial charge in [0.25, 0.3) is 0 Å². The van der Waals surface area contributed by atoms with E-state index in [-0.39, 0.29) is 12.2 Å². The third kappa shape index (κ3) is 3.00. The van der Waals surface area contributed by atoms with E-state index in [1.165, 1.54) is 0 Å². The molecule has 0 aromatic heterocycles. The number of carbonyl (C=O) groups is 1. The predicted molar refractivity (Wildman–Crippen MR) is 80.2 cm³/mol. The number of rotatable bonds is 3. The Balaban J connectivity index is 1.90. The molecule has 4 heteroatoms. The molecule has 3 rings (SSSR count). The molecule has 0 spiro atoms. The molecule has 3 N–H and O–H groups in total. The van der Waals surface area contributed by atoms with Crippen molar-refractivity contribution in [1.82, 2.24) is 0 Å². The maximum Gasteiger partial charge on any atom is 0.250 e. The van der Waals surface area contributed by atoms with Crippen molar-refractivity contribution in [3.8, 4) is 5.75 Å². The number of benzene rings is 2. The maximum absolute atomic E-state index is 11.6. The lowest BCUT2D eigenvalue weighted by Gasteiger charge is -2.26. The first-order valence-electron chi connectivity index (χ1n) is 7.23. The average molecular weight is 284 g/mol. The molecular weight excluding hydrogens is 266 g/mol. The summed E-state index contributed by atoms with van der Waals surface area (Å²) in [6.07, 6.45) is 2.97. The fourth-order valence-corrected chi connectivity index (χ4v) is 2.82. The minimum Gasteiger partial charge on any atom is -0.490 e. The van der Waals surface area contributed by atoms with Crippen LogP contribution in [0.4, 0.5) is 0 Å². The van der Waals surface area contributed by atoms with Gasteiger partial charge in [0.1, 0.15) is 5.75 Å². The maximum atomic E-state index is 11.6. The second-order valence-electron chi connectivity index (χ2n) is 5.51. The van der Waals surface area contributed by atoms with Gasteiger partial charge >= 0.3 is 0 Å². The van der Waals surface area contributed by atoms with E-state index in [4.69, 9.17) is 10.5 Å². The van der Waals surface area contributed by atoms with E-state index in [2.05, 4.69) is 6.07 Å². The summed E-state index contributed by atoms with van der Waals surface area (Å²) in [6, 6.07) is 12.4. The fraction of sp³-hybridized carbons (Fsp3) is 0.353. The Morgan fingerprint density at radius 2 is 1.95 bits per heavy atom. The summed E-state index contributed by atoms with van der Waals surface area (Å²) in [7, 11) is 0. The van der Waals surface area contributed by atoms with Crippen molar-refractivity contribution in [2.24, 2.45) is 5.73 Å². The minimum absolute atomic E-state index is 0.0616. The number of hydrogen-bond acceptors (Lipinski definition) is 3. The first kappa shape index (κ1) is 13.9. The van der Waals surface area contributed by atoms with Gasteiger partial charge in [-0.05, 0) is 42.5 Å². The quantitative estimate of drug-likeness (QED) is 0.909. The van der Waals surface area contributed by atoms with E-state index >= 15 is 0 Å². The van der Waals surface area contributed by atoms with Gasteiger partial charge < -0.3 is 15.6 Å². The fourth-order valence-electron chi connectivity index (χ4n) is 2.82. The number of nitrogens with two attached hydrogens (primary N) is 1. The van der Waals surface area contributed by atoms with Crippen LogP contribution in [0.15, 0.2) is 30.3 Å². The second kappa shape index (κ2) is 5.74. The monoisotopic (exact) mass is 284 g/mol. The molecule has 1 aliphatic carbocycles. The molecule has 1 amide bonds. The van der Waals surface area contributed by atoms with Crippen molar-refractivity contribution in [2.75, 3.05) is 0 Å². The summed E-state index contributed by atoms with van der Waals surface area (Å²) in [4.78, 5) is 11.6. The molecule has 0 aliphatic heterocycles. The van der Waals surface area contributed by atoms with Crippen LogP contribution in [0.5, 0.6) is 5.75 Å². The average Bonchev–Trinajstić information content (AvgIpc) is 2.48. The number of primary amides is 1. The van der Waals surface area contributed by atoms with Crippen LogP contribution >= 0.6 is 0 Å². The van der Waals surface area contributed by atoms with Crippen molar-refractivity contribution in [1.29, 1.82) is 0 Å². The molecule has 2 aromatic carbocycles. The Morgan fingerprint density at radius 1 is 1.24 bits per heavy atom. The van der Waals surface area contributed by atoms with Crippen LogP contribution in [0, 0.1) is 6.07 Å². The highest BCUT2D eigenvalue weighted by molar-refractivity contribution is 6.06. The predicted octanol–water partition coefficient (Wildman–Crippen LogP) is 2.42. The van der Waals surface area contributed by atoms with Gasteiger partial charge in [0.15, 0.2) is 0 Å². The number of carbonyl (C=O) groups excluding carboxylic acids is 1. The van der Waals surface area contributed by atoms with E-state index < -0.39 is 5.91 Å². The van der Waals surface area contributed by atoms with Gasteiger partial charge in [-0.2, -0.15) is 0 Å². The third-order valence-corrected chi connectivity index (χ3v) is 3.95.